The van der Waals surface area contributed by atoms with Crippen LogP contribution in [-0.4, -0.2) is 18.6 Å². The molecule has 0 spiro atoms. The predicted molar refractivity (Wildman–Crippen MR) is 66.6 cm³/mol. The highest BCUT2D eigenvalue weighted by Crippen LogP contribution is 2.10. The Morgan fingerprint density at radius 3 is 2.94 bits per heavy atom. The first kappa shape index (κ1) is 13.0. The fourth-order valence-corrected chi connectivity index (χ4v) is 1.55. The van der Waals surface area contributed by atoms with Crippen molar-refractivity contribution in [2.45, 2.75) is 39.2 Å². The number of hydrogen-bond acceptors (Lipinski definition) is 3. The van der Waals surface area contributed by atoms with Crippen molar-refractivity contribution in [2.24, 2.45) is 0 Å². The van der Waals surface area contributed by atoms with Crippen molar-refractivity contribution in [3.8, 4) is 5.88 Å². The minimum absolute atomic E-state index is 0.740. The Morgan fingerprint density at radius 1 is 1.31 bits per heavy atom. The molecule has 0 unspecified atom stereocenters. The van der Waals surface area contributed by atoms with Crippen molar-refractivity contribution in [3.05, 3.63) is 23.9 Å². The largest absolute Gasteiger partial charge is 0.478 e. The number of aromatic nitrogens is 1. The molecule has 0 amide bonds. The van der Waals surface area contributed by atoms with Gasteiger partial charge in [0.15, 0.2) is 0 Å². The topological polar surface area (TPSA) is 34.1 Å². The molecule has 3 heteroatoms. The van der Waals surface area contributed by atoms with Crippen LogP contribution in [0.1, 0.15) is 38.2 Å². The summed E-state index contributed by atoms with van der Waals surface area (Å²) in [6, 6.07) is 4.00. The maximum atomic E-state index is 5.60. The number of pyridine rings is 1. The monoisotopic (exact) mass is 222 g/mol. The van der Waals surface area contributed by atoms with Gasteiger partial charge in [0.1, 0.15) is 0 Å². The number of hydrogen-bond donors (Lipinski definition) is 1. The van der Waals surface area contributed by atoms with Crippen LogP contribution in [0.2, 0.25) is 0 Å². The van der Waals surface area contributed by atoms with E-state index < -0.39 is 0 Å². The molecule has 0 saturated heterocycles. The molecule has 90 valence electrons. The number of rotatable bonds is 8. The fourth-order valence-electron chi connectivity index (χ4n) is 1.55. The summed E-state index contributed by atoms with van der Waals surface area (Å²) in [4.78, 5) is 4.19. The smallest absolute Gasteiger partial charge is 0.213 e. The van der Waals surface area contributed by atoms with Gasteiger partial charge in [-0.15, -0.1) is 0 Å². The lowest BCUT2D eigenvalue weighted by Crippen LogP contribution is -2.06. The van der Waals surface area contributed by atoms with Crippen LogP contribution in [0.5, 0.6) is 5.88 Å². The third kappa shape index (κ3) is 5.12. The summed E-state index contributed by atoms with van der Waals surface area (Å²) < 4.78 is 5.60. The molecule has 0 aliphatic carbocycles. The van der Waals surface area contributed by atoms with Crippen molar-refractivity contribution in [3.63, 3.8) is 0 Å². The van der Waals surface area contributed by atoms with Gasteiger partial charge in [0.05, 0.1) is 6.61 Å². The number of nitrogens with zero attached hydrogens (tertiary/aromatic N) is 1. The van der Waals surface area contributed by atoms with Gasteiger partial charge in [-0.1, -0.05) is 26.2 Å². The lowest BCUT2D eigenvalue weighted by molar-refractivity contribution is 0.293. The van der Waals surface area contributed by atoms with Crippen LogP contribution >= 0.6 is 0 Å². The van der Waals surface area contributed by atoms with E-state index in [9.17, 15) is 0 Å². The maximum Gasteiger partial charge on any atom is 0.213 e. The molecule has 0 bridgehead atoms. The SMILES string of the molecule is CCCCCCOc1cc(CNC)ccn1. The Hall–Kier alpha value is -1.09. The van der Waals surface area contributed by atoms with Crippen molar-refractivity contribution in [1.82, 2.24) is 10.3 Å². The van der Waals surface area contributed by atoms with Crippen LogP contribution in [-0.2, 0) is 6.54 Å². The van der Waals surface area contributed by atoms with E-state index in [0.717, 1.165) is 25.5 Å². The average molecular weight is 222 g/mol. The first-order chi connectivity index (χ1) is 7.86. The standard InChI is InChI=1S/C13H22N2O/c1-3-4-5-6-9-16-13-10-12(11-14-2)7-8-15-13/h7-8,10,14H,3-6,9,11H2,1-2H3. The Bertz CT molecular complexity index is 289. The van der Waals surface area contributed by atoms with Gasteiger partial charge < -0.3 is 10.1 Å². The average Bonchev–Trinajstić information content (AvgIpc) is 2.30. The summed E-state index contributed by atoms with van der Waals surface area (Å²) in [5, 5.41) is 3.11. The fraction of sp³-hybridized carbons (Fsp3) is 0.615. The number of nitrogens with one attached hydrogen (secondary N) is 1. The van der Waals surface area contributed by atoms with E-state index >= 15 is 0 Å². The quantitative estimate of drug-likeness (QED) is 0.687. The van der Waals surface area contributed by atoms with Crippen LogP contribution in [0.3, 0.4) is 0 Å². The summed E-state index contributed by atoms with van der Waals surface area (Å²) in [5.74, 6) is 0.740. The molecule has 0 atom stereocenters. The van der Waals surface area contributed by atoms with E-state index in [4.69, 9.17) is 4.74 Å². The van der Waals surface area contributed by atoms with Crippen LogP contribution < -0.4 is 10.1 Å². The van der Waals surface area contributed by atoms with Gasteiger partial charge in [0.25, 0.3) is 0 Å². The molecule has 0 saturated carbocycles. The van der Waals surface area contributed by atoms with Gasteiger partial charge in [-0.05, 0) is 25.1 Å². The Morgan fingerprint density at radius 2 is 2.19 bits per heavy atom. The van der Waals surface area contributed by atoms with Gasteiger partial charge in [0.2, 0.25) is 5.88 Å². The lowest BCUT2D eigenvalue weighted by atomic mass is 10.2. The highest BCUT2D eigenvalue weighted by atomic mass is 16.5. The molecule has 1 aromatic heterocycles. The third-order valence-electron chi connectivity index (χ3n) is 2.43. The van der Waals surface area contributed by atoms with Gasteiger partial charge in [-0.3, -0.25) is 0 Å². The van der Waals surface area contributed by atoms with E-state index in [0.29, 0.717) is 0 Å². The molecule has 0 aromatic carbocycles. The van der Waals surface area contributed by atoms with Crippen molar-refractivity contribution in [2.75, 3.05) is 13.7 Å². The normalized spacial score (nSPS) is 10.4. The van der Waals surface area contributed by atoms with Crippen LogP contribution in [0, 0.1) is 0 Å². The van der Waals surface area contributed by atoms with Crippen LogP contribution in [0.4, 0.5) is 0 Å². The van der Waals surface area contributed by atoms with Gasteiger partial charge in [0, 0.05) is 18.8 Å². The molecular formula is C13H22N2O. The molecule has 0 fully saturated rings. The summed E-state index contributed by atoms with van der Waals surface area (Å²) in [6.45, 7) is 3.84. The van der Waals surface area contributed by atoms with E-state index in [2.05, 4.69) is 17.2 Å². The highest BCUT2D eigenvalue weighted by molar-refractivity contribution is 5.20. The minimum Gasteiger partial charge on any atom is -0.478 e. The number of unbranched alkanes of at least 4 members (excludes halogenated alkanes) is 3. The van der Waals surface area contributed by atoms with E-state index in [1.165, 1.54) is 24.8 Å². The second-order valence-corrected chi connectivity index (χ2v) is 3.94. The first-order valence-corrected chi connectivity index (χ1v) is 6.09. The second-order valence-electron chi connectivity index (χ2n) is 3.94. The van der Waals surface area contributed by atoms with Crippen LogP contribution in [0.25, 0.3) is 0 Å². The molecule has 0 aliphatic rings. The van der Waals surface area contributed by atoms with Crippen molar-refractivity contribution < 1.29 is 4.74 Å². The second kappa shape index (κ2) is 8.11. The zero-order valence-electron chi connectivity index (χ0n) is 10.3. The van der Waals surface area contributed by atoms with E-state index in [1.54, 1.807) is 6.20 Å². The first-order valence-electron chi connectivity index (χ1n) is 6.09. The molecule has 0 radical (unpaired) electrons. The highest BCUT2D eigenvalue weighted by Gasteiger charge is 1.97. The minimum atomic E-state index is 0.740. The maximum absolute atomic E-state index is 5.60. The molecule has 0 aliphatic heterocycles. The molecule has 1 heterocycles. The van der Waals surface area contributed by atoms with Crippen molar-refractivity contribution >= 4 is 0 Å². The molecule has 1 rings (SSSR count). The van der Waals surface area contributed by atoms with Crippen molar-refractivity contribution in [1.29, 1.82) is 0 Å². The van der Waals surface area contributed by atoms with Gasteiger partial charge in [-0.2, -0.15) is 0 Å². The third-order valence-corrected chi connectivity index (χ3v) is 2.43. The number of ether oxygens (including phenoxy) is 1. The molecular weight excluding hydrogens is 200 g/mol. The Balaban J connectivity index is 2.27. The Labute approximate surface area is 98.2 Å². The van der Waals surface area contributed by atoms with E-state index in [-0.39, 0.29) is 0 Å². The summed E-state index contributed by atoms with van der Waals surface area (Å²) in [7, 11) is 1.94. The molecule has 1 N–H and O–H groups in total. The molecule has 3 nitrogen and oxygen atoms in total. The zero-order valence-corrected chi connectivity index (χ0v) is 10.3. The van der Waals surface area contributed by atoms with E-state index in [1.807, 2.05) is 19.2 Å². The molecule has 16 heavy (non-hydrogen) atoms. The zero-order chi connectivity index (χ0) is 11.6. The summed E-state index contributed by atoms with van der Waals surface area (Å²) in [5.41, 5.74) is 1.21. The van der Waals surface area contributed by atoms with Gasteiger partial charge in [-0.25, -0.2) is 4.98 Å². The summed E-state index contributed by atoms with van der Waals surface area (Å²) >= 11 is 0. The summed E-state index contributed by atoms with van der Waals surface area (Å²) in [6.07, 6.45) is 6.71. The van der Waals surface area contributed by atoms with Crippen LogP contribution in [0.15, 0.2) is 18.3 Å². The van der Waals surface area contributed by atoms with Gasteiger partial charge >= 0.3 is 0 Å². The Kier molecular flexibility index (Phi) is 6.58. The molecule has 1 aromatic rings. The lowest BCUT2D eigenvalue weighted by Gasteiger charge is -2.06. The predicted octanol–water partition coefficient (Wildman–Crippen LogP) is 2.76.